The first-order valence-corrected chi connectivity index (χ1v) is 5.82. The van der Waals surface area contributed by atoms with Crippen LogP contribution in [-0.2, 0) is 16.6 Å². The van der Waals surface area contributed by atoms with Crippen LogP contribution < -0.4 is 10.5 Å². The smallest absolute Gasteiger partial charge is 0.210 e. The first-order chi connectivity index (χ1) is 6.47. The van der Waals surface area contributed by atoms with Gasteiger partial charge in [-0.25, -0.2) is 13.6 Å². The van der Waals surface area contributed by atoms with Crippen LogP contribution in [-0.4, -0.2) is 25.9 Å². The summed E-state index contributed by atoms with van der Waals surface area (Å²) in [6.07, 6.45) is 0. The first kappa shape index (κ1) is 11.2. The highest BCUT2D eigenvalue weighted by Crippen LogP contribution is 1.99. The van der Waals surface area contributed by atoms with Crippen LogP contribution in [0.4, 0.5) is 0 Å². The Morgan fingerprint density at radius 1 is 1.64 bits per heavy atom. The number of hydrogen-bond donors (Lipinski definition) is 2. The van der Waals surface area contributed by atoms with Gasteiger partial charge < -0.3 is 9.84 Å². The number of nitrogens with zero attached hydrogens (tertiary/aromatic N) is 1. The van der Waals surface area contributed by atoms with Crippen LogP contribution >= 0.6 is 0 Å². The molecule has 80 valence electrons. The van der Waals surface area contributed by atoms with Crippen LogP contribution in [0.1, 0.15) is 11.5 Å². The molecule has 0 spiro atoms. The third kappa shape index (κ3) is 4.35. The van der Waals surface area contributed by atoms with Gasteiger partial charge in [-0.15, -0.1) is 0 Å². The van der Waals surface area contributed by atoms with Crippen LogP contribution in [0.25, 0.3) is 0 Å². The van der Waals surface area contributed by atoms with Gasteiger partial charge in [0.25, 0.3) is 0 Å². The molecule has 0 saturated carbocycles. The molecule has 6 nitrogen and oxygen atoms in total. The molecule has 1 heterocycles. The minimum atomic E-state index is -3.38. The van der Waals surface area contributed by atoms with E-state index in [1.807, 2.05) is 0 Å². The Labute approximate surface area is 82.5 Å². The first-order valence-electron chi connectivity index (χ1n) is 4.11. The third-order valence-corrected chi connectivity index (χ3v) is 2.32. The summed E-state index contributed by atoms with van der Waals surface area (Å²) in [7, 11) is -3.38. The van der Waals surface area contributed by atoms with Crippen LogP contribution in [0.3, 0.4) is 0 Å². The van der Waals surface area contributed by atoms with E-state index in [0.717, 1.165) is 11.5 Å². The molecule has 0 radical (unpaired) electrons. The quantitative estimate of drug-likeness (QED) is 0.642. The maximum atomic E-state index is 10.6. The van der Waals surface area contributed by atoms with Crippen LogP contribution in [0, 0.1) is 6.92 Å². The standard InChI is InChI=1S/C7H13N3O3S/c1-6-4-7(10-13-6)5-9-2-3-14(8,11)12/h4,9H,2-3,5H2,1H3,(H2,8,11,12). The van der Waals surface area contributed by atoms with E-state index in [1.54, 1.807) is 13.0 Å². The fourth-order valence-corrected chi connectivity index (χ4v) is 1.36. The van der Waals surface area contributed by atoms with Gasteiger partial charge in [0.2, 0.25) is 10.0 Å². The normalized spacial score (nSPS) is 11.9. The number of primary sulfonamides is 1. The highest BCUT2D eigenvalue weighted by atomic mass is 32.2. The summed E-state index contributed by atoms with van der Waals surface area (Å²) >= 11 is 0. The van der Waals surface area contributed by atoms with Gasteiger partial charge in [-0.1, -0.05) is 5.16 Å². The summed E-state index contributed by atoms with van der Waals surface area (Å²) in [5, 5.41) is 11.4. The van der Waals surface area contributed by atoms with Crippen molar-refractivity contribution in [2.24, 2.45) is 5.14 Å². The van der Waals surface area contributed by atoms with E-state index in [9.17, 15) is 8.42 Å². The Kier molecular flexibility index (Phi) is 3.62. The van der Waals surface area contributed by atoms with E-state index < -0.39 is 10.0 Å². The predicted octanol–water partition coefficient (Wildman–Crippen LogP) is -0.639. The second-order valence-corrected chi connectivity index (χ2v) is 4.71. The summed E-state index contributed by atoms with van der Waals surface area (Å²) in [5.41, 5.74) is 0.747. The van der Waals surface area contributed by atoms with E-state index in [4.69, 9.17) is 9.66 Å². The maximum Gasteiger partial charge on any atom is 0.210 e. The summed E-state index contributed by atoms with van der Waals surface area (Å²) in [6, 6.07) is 1.78. The van der Waals surface area contributed by atoms with Crippen LogP contribution in [0.15, 0.2) is 10.6 Å². The number of rotatable bonds is 5. The summed E-state index contributed by atoms with van der Waals surface area (Å²) < 4.78 is 25.9. The van der Waals surface area contributed by atoms with Gasteiger partial charge in [-0.05, 0) is 6.92 Å². The van der Waals surface area contributed by atoms with Crippen molar-refractivity contribution in [3.05, 3.63) is 17.5 Å². The molecule has 14 heavy (non-hydrogen) atoms. The Hall–Kier alpha value is -0.920. The van der Waals surface area contributed by atoms with Crippen molar-refractivity contribution < 1.29 is 12.9 Å². The highest BCUT2D eigenvalue weighted by Gasteiger charge is 2.02. The lowest BCUT2D eigenvalue weighted by Gasteiger charge is -1.99. The van der Waals surface area contributed by atoms with Crippen molar-refractivity contribution in [3.8, 4) is 0 Å². The Morgan fingerprint density at radius 2 is 2.36 bits per heavy atom. The molecule has 1 rings (SSSR count). The zero-order chi connectivity index (χ0) is 10.6. The molecule has 0 amide bonds. The molecule has 1 aromatic heterocycles. The number of hydrogen-bond acceptors (Lipinski definition) is 5. The summed E-state index contributed by atoms with van der Waals surface area (Å²) in [6.45, 7) is 2.58. The van der Waals surface area contributed by atoms with E-state index in [0.29, 0.717) is 13.1 Å². The molecule has 0 atom stereocenters. The number of nitrogens with two attached hydrogens (primary N) is 1. The summed E-state index contributed by atoms with van der Waals surface area (Å²) in [4.78, 5) is 0. The van der Waals surface area contributed by atoms with Crippen molar-refractivity contribution in [1.29, 1.82) is 0 Å². The topological polar surface area (TPSA) is 98.2 Å². The van der Waals surface area contributed by atoms with E-state index in [-0.39, 0.29) is 5.75 Å². The Bertz CT molecular complexity index is 385. The van der Waals surface area contributed by atoms with E-state index in [2.05, 4.69) is 10.5 Å². The number of sulfonamides is 1. The lowest BCUT2D eigenvalue weighted by molar-refractivity contribution is 0.388. The van der Waals surface area contributed by atoms with E-state index >= 15 is 0 Å². The SMILES string of the molecule is Cc1cc(CNCCS(N)(=O)=O)no1. The van der Waals surface area contributed by atoms with Gasteiger partial charge in [-0.3, -0.25) is 0 Å². The predicted molar refractivity (Wildman–Crippen MR) is 50.9 cm³/mol. The maximum absolute atomic E-state index is 10.6. The van der Waals surface area contributed by atoms with Crippen molar-refractivity contribution in [1.82, 2.24) is 10.5 Å². The van der Waals surface area contributed by atoms with Crippen molar-refractivity contribution in [2.75, 3.05) is 12.3 Å². The van der Waals surface area contributed by atoms with Crippen molar-refractivity contribution in [2.45, 2.75) is 13.5 Å². The molecular formula is C7H13N3O3S. The van der Waals surface area contributed by atoms with Gasteiger partial charge >= 0.3 is 0 Å². The molecule has 3 N–H and O–H groups in total. The molecule has 0 aromatic carbocycles. The number of aryl methyl sites for hydroxylation is 1. The largest absolute Gasteiger partial charge is 0.361 e. The van der Waals surface area contributed by atoms with Crippen LogP contribution in [0.2, 0.25) is 0 Å². The van der Waals surface area contributed by atoms with E-state index in [1.165, 1.54) is 0 Å². The average Bonchev–Trinajstić information content (AvgIpc) is 2.44. The van der Waals surface area contributed by atoms with Crippen LogP contribution in [0.5, 0.6) is 0 Å². The number of aromatic nitrogens is 1. The molecule has 1 aromatic rings. The minimum absolute atomic E-state index is 0.0795. The molecule has 0 fully saturated rings. The molecule has 0 unspecified atom stereocenters. The molecule has 0 bridgehead atoms. The molecule has 7 heteroatoms. The van der Waals surface area contributed by atoms with Gasteiger partial charge in [0.15, 0.2) is 0 Å². The Balaban J connectivity index is 2.23. The van der Waals surface area contributed by atoms with Gasteiger partial charge in [0, 0.05) is 19.2 Å². The third-order valence-electron chi connectivity index (χ3n) is 1.55. The molecule has 0 aliphatic carbocycles. The lowest BCUT2D eigenvalue weighted by Crippen LogP contribution is -2.26. The average molecular weight is 219 g/mol. The molecule has 0 aliphatic rings. The van der Waals surface area contributed by atoms with Crippen molar-refractivity contribution in [3.63, 3.8) is 0 Å². The van der Waals surface area contributed by atoms with Gasteiger partial charge in [0.05, 0.1) is 11.4 Å². The fraction of sp³-hybridized carbons (Fsp3) is 0.571. The zero-order valence-corrected chi connectivity index (χ0v) is 8.67. The monoisotopic (exact) mass is 219 g/mol. The fourth-order valence-electron chi connectivity index (χ4n) is 0.932. The molecule has 0 aliphatic heterocycles. The highest BCUT2D eigenvalue weighted by molar-refractivity contribution is 7.89. The van der Waals surface area contributed by atoms with Crippen molar-refractivity contribution >= 4 is 10.0 Å². The second kappa shape index (κ2) is 4.54. The molecular weight excluding hydrogens is 206 g/mol. The zero-order valence-electron chi connectivity index (χ0n) is 7.86. The Morgan fingerprint density at radius 3 is 2.86 bits per heavy atom. The van der Waals surface area contributed by atoms with Gasteiger partial charge in [0.1, 0.15) is 5.76 Å². The molecule has 0 saturated heterocycles. The number of nitrogens with one attached hydrogen (secondary N) is 1. The summed E-state index contributed by atoms with van der Waals surface area (Å²) in [5.74, 6) is 0.650. The van der Waals surface area contributed by atoms with Gasteiger partial charge in [-0.2, -0.15) is 0 Å². The lowest BCUT2D eigenvalue weighted by atomic mass is 10.4. The second-order valence-electron chi connectivity index (χ2n) is 2.97. The minimum Gasteiger partial charge on any atom is -0.361 e.